The fourth-order valence-electron chi connectivity index (χ4n) is 1.44. The van der Waals surface area contributed by atoms with E-state index < -0.39 is 0 Å². The van der Waals surface area contributed by atoms with Gasteiger partial charge in [0, 0.05) is 31.9 Å². The van der Waals surface area contributed by atoms with Crippen molar-refractivity contribution in [2.24, 2.45) is 7.05 Å². The number of thiazole rings is 1. The molecule has 0 atom stereocenters. The van der Waals surface area contributed by atoms with E-state index in [4.69, 9.17) is 0 Å². The van der Waals surface area contributed by atoms with Crippen LogP contribution in [0.4, 0.5) is 0 Å². The molecule has 86 valence electrons. The summed E-state index contributed by atoms with van der Waals surface area (Å²) >= 11 is 1.69. The highest BCUT2D eigenvalue weighted by atomic mass is 32.1. The Kier molecular flexibility index (Phi) is 3.63. The van der Waals surface area contributed by atoms with Crippen LogP contribution in [0, 0.1) is 6.92 Å². The summed E-state index contributed by atoms with van der Waals surface area (Å²) < 4.78 is 1.94. The summed E-state index contributed by atoms with van der Waals surface area (Å²) in [6.07, 6.45) is 2.61. The van der Waals surface area contributed by atoms with E-state index in [1.54, 1.807) is 17.7 Å². The van der Waals surface area contributed by atoms with Gasteiger partial charge in [0.1, 0.15) is 12.2 Å². The molecule has 0 radical (unpaired) electrons. The van der Waals surface area contributed by atoms with E-state index >= 15 is 0 Å². The normalized spacial score (nSPS) is 10.9. The van der Waals surface area contributed by atoms with Crippen LogP contribution in [0.25, 0.3) is 0 Å². The first-order chi connectivity index (χ1) is 7.75. The Labute approximate surface area is 98.5 Å². The molecule has 0 saturated carbocycles. The first kappa shape index (κ1) is 11.2. The third-order valence-electron chi connectivity index (χ3n) is 2.30. The molecule has 0 aromatic carbocycles. The van der Waals surface area contributed by atoms with Crippen LogP contribution in [0.3, 0.4) is 0 Å². The highest BCUT2D eigenvalue weighted by Gasteiger charge is 2.01. The minimum absolute atomic E-state index is 0.822. The van der Waals surface area contributed by atoms with Crippen LogP contribution < -0.4 is 5.32 Å². The molecule has 1 N–H and O–H groups in total. The first-order valence-corrected chi connectivity index (χ1v) is 6.08. The van der Waals surface area contributed by atoms with Gasteiger partial charge in [0.05, 0.1) is 10.7 Å². The Balaban J connectivity index is 1.71. The zero-order valence-corrected chi connectivity index (χ0v) is 10.3. The van der Waals surface area contributed by atoms with Gasteiger partial charge < -0.3 is 9.88 Å². The van der Waals surface area contributed by atoms with Gasteiger partial charge >= 0.3 is 0 Å². The van der Waals surface area contributed by atoms with Crippen LogP contribution in [-0.4, -0.2) is 26.3 Å². The van der Waals surface area contributed by atoms with Crippen molar-refractivity contribution in [2.75, 3.05) is 6.54 Å². The summed E-state index contributed by atoms with van der Waals surface area (Å²) in [6, 6.07) is 0. The van der Waals surface area contributed by atoms with Crippen molar-refractivity contribution in [3.05, 3.63) is 28.2 Å². The standard InChI is InChI=1S/C10H15N5S/c1-8-13-9(6-16-8)5-11-4-3-10-14-12-7-15(10)2/h6-7,11H,3-5H2,1-2H3. The lowest BCUT2D eigenvalue weighted by Gasteiger charge is -2.02. The Morgan fingerprint density at radius 3 is 3.00 bits per heavy atom. The van der Waals surface area contributed by atoms with Crippen molar-refractivity contribution in [3.8, 4) is 0 Å². The molecule has 0 aliphatic carbocycles. The second-order valence-corrected chi connectivity index (χ2v) is 4.70. The van der Waals surface area contributed by atoms with E-state index in [1.807, 2.05) is 18.5 Å². The number of aromatic nitrogens is 4. The molecule has 0 unspecified atom stereocenters. The van der Waals surface area contributed by atoms with E-state index in [0.717, 1.165) is 36.0 Å². The molecule has 2 rings (SSSR count). The number of hydrogen-bond acceptors (Lipinski definition) is 5. The lowest BCUT2D eigenvalue weighted by Crippen LogP contribution is -2.18. The molecule has 0 saturated heterocycles. The number of nitrogens with one attached hydrogen (secondary N) is 1. The van der Waals surface area contributed by atoms with Crippen LogP contribution in [0.15, 0.2) is 11.7 Å². The first-order valence-electron chi connectivity index (χ1n) is 5.20. The summed E-state index contributed by atoms with van der Waals surface area (Å²) in [6.45, 7) is 3.74. The molecule has 0 aliphatic heterocycles. The largest absolute Gasteiger partial charge is 0.321 e. The van der Waals surface area contributed by atoms with Gasteiger partial charge in [0.2, 0.25) is 0 Å². The summed E-state index contributed by atoms with van der Waals surface area (Å²) in [5.74, 6) is 1.00. The van der Waals surface area contributed by atoms with E-state index in [1.165, 1.54) is 0 Å². The van der Waals surface area contributed by atoms with Gasteiger partial charge in [0.25, 0.3) is 0 Å². The third-order valence-corrected chi connectivity index (χ3v) is 3.13. The highest BCUT2D eigenvalue weighted by molar-refractivity contribution is 7.09. The molecule has 0 amide bonds. The van der Waals surface area contributed by atoms with Crippen molar-refractivity contribution in [3.63, 3.8) is 0 Å². The van der Waals surface area contributed by atoms with Gasteiger partial charge in [-0.15, -0.1) is 21.5 Å². The minimum Gasteiger partial charge on any atom is -0.321 e. The van der Waals surface area contributed by atoms with Crippen LogP contribution >= 0.6 is 11.3 Å². The van der Waals surface area contributed by atoms with Crippen LogP contribution in [0.2, 0.25) is 0 Å². The highest BCUT2D eigenvalue weighted by Crippen LogP contribution is 2.07. The molecule has 2 aromatic heterocycles. The van der Waals surface area contributed by atoms with E-state index in [9.17, 15) is 0 Å². The molecule has 6 heteroatoms. The molecule has 2 aromatic rings. The monoisotopic (exact) mass is 237 g/mol. The summed E-state index contributed by atoms with van der Waals surface area (Å²) in [7, 11) is 1.96. The Morgan fingerprint density at radius 2 is 2.38 bits per heavy atom. The van der Waals surface area contributed by atoms with Gasteiger partial charge in [-0.1, -0.05) is 0 Å². The molecular formula is C10H15N5S. The van der Waals surface area contributed by atoms with Gasteiger partial charge in [-0.25, -0.2) is 4.98 Å². The van der Waals surface area contributed by atoms with Crippen molar-refractivity contribution in [1.29, 1.82) is 0 Å². The summed E-state index contributed by atoms with van der Waals surface area (Å²) in [4.78, 5) is 4.39. The van der Waals surface area contributed by atoms with Crippen molar-refractivity contribution in [1.82, 2.24) is 25.1 Å². The van der Waals surface area contributed by atoms with E-state index in [0.29, 0.717) is 0 Å². The Bertz CT molecular complexity index is 448. The predicted octanol–water partition coefficient (Wildman–Crippen LogP) is 0.912. The van der Waals surface area contributed by atoms with Crippen LogP contribution in [0.5, 0.6) is 0 Å². The molecular weight excluding hydrogens is 222 g/mol. The summed E-state index contributed by atoms with van der Waals surface area (Å²) in [5.41, 5.74) is 1.11. The quantitative estimate of drug-likeness (QED) is 0.785. The number of rotatable bonds is 5. The SMILES string of the molecule is Cc1nc(CNCCc2nncn2C)cs1. The average Bonchev–Trinajstić information content (AvgIpc) is 2.83. The maximum Gasteiger partial charge on any atom is 0.133 e. The van der Waals surface area contributed by atoms with Crippen molar-refractivity contribution < 1.29 is 0 Å². The molecule has 5 nitrogen and oxygen atoms in total. The van der Waals surface area contributed by atoms with Gasteiger partial charge in [-0.3, -0.25) is 0 Å². The van der Waals surface area contributed by atoms with E-state index in [-0.39, 0.29) is 0 Å². The fraction of sp³-hybridized carbons (Fsp3) is 0.500. The second kappa shape index (κ2) is 5.18. The number of aryl methyl sites for hydroxylation is 2. The zero-order chi connectivity index (χ0) is 11.4. The average molecular weight is 237 g/mol. The topological polar surface area (TPSA) is 55.6 Å². The molecule has 2 heterocycles. The zero-order valence-electron chi connectivity index (χ0n) is 9.47. The molecule has 0 fully saturated rings. The molecule has 16 heavy (non-hydrogen) atoms. The van der Waals surface area contributed by atoms with Crippen LogP contribution in [0.1, 0.15) is 16.5 Å². The van der Waals surface area contributed by atoms with Gasteiger partial charge in [0.15, 0.2) is 0 Å². The lowest BCUT2D eigenvalue weighted by molar-refractivity contribution is 0.647. The summed E-state index contributed by atoms with van der Waals surface area (Å²) in [5, 5.41) is 14.4. The second-order valence-electron chi connectivity index (χ2n) is 3.64. The third kappa shape index (κ3) is 2.86. The molecule has 0 aliphatic rings. The van der Waals surface area contributed by atoms with Gasteiger partial charge in [-0.2, -0.15) is 0 Å². The maximum absolute atomic E-state index is 4.39. The lowest BCUT2D eigenvalue weighted by atomic mass is 10.4. The van der Waals surface area contributed by atoms with Crippen LogP contribution in [-0.2, 0) is 20.0 Å². The van der Waals surface area contributed by atoms with Crippen molar-refractivity contribution in [2.45, 2.75) is 19.9 Å². The fourth-order valence-corrected chi connectivity index (χ4v) is 2.05. The smallest absolute Gasteiger partial charge is 0.133 e. The Morgan fingerprint density at radius 1 is 1.50 bits per heavy atom. The maximum atomic E-state index is 4.39. The number of nitrogens with zero attached hydrogens (tertiary/aromatic N) is 4. The molecule has 0 bridgehead atoms. The predicted molar refractivity (Wildman–Crippen MR) is 63.3 cm³/mol. The number of hydrogen-bond donors (Lipinski definition) is 1. The molecule has 0 spiro atoms. The van der Waals surface area contributed by atoms with Gasteiger partial charge in [-0.05, 0) is 6.92 Å². The Hall–Kier alpha value is -1.27. The van der Waals surface area contributed by atoms with E-state index in [2.05, 4.69) is 25.9 Å². The van der Waals surface area contributed by atoms with Crippen molar-refractivity contribution >= 4 is 11.3 Å². The minimum atomic E-state index is 0.822.